The van der Waals surface area contributed by atoms with E-state index in [-0.39, 0.29) is 29.9 Å². The van der Waals surface area contributed by atoms with E-state index >= 15 is 0 Å². The fraction of sp³-hybridized carbons (Fsp3) is 0.600. The van der Waals surface area contributed by atoms with Crippen molar-refractivity contribution in [1.29, 1.82) is 0 Å². The number of carbonyl (C=O) groups is 1. The first-order valence-corrected chi connectivity index (χ1v) is 13.7. The Kier molecular flexibility index (Phi) is 18.1. The van der Waals surface area contributed by atoms with E-state index in [9.17, 15) is 4.79 Å². The Bertz CT molecular complexity index is 843. The van der Waals surface area contributed by atoms with Crippen molar-refractivity contribution in [2.24, 2.45) is 0 Å². The van der Waals surface area contributed by atoms with Crippen molar-refractivity contribution in [3.8, 4) is 11.5 Å². The third kappa shape index (κ3) is 13.5. The lowest BCUT2D eigenvalue weighted by molar-refractivity contribution is -0.697. The molecule has 0 unspecified atom stereocenters. The van der Waals surface area contributed by atoms with E-state index in [4.69, 9.17) is 9.47 Å². The Morgan fingerprint density at radius 2 is 1.44 bits per heavy atom. The van der Waals surface area contributed by atoms with Crippen molar-refractivity contribution in [3.05, 3.63) is 53.9 Å². The van der Waals surface area contributed by atoms with Crippen LogP contribution in [0.5, 0.6) is 11.5 Å². The van der Waals surface area contributed by atoms with Gasteiger partial charge in [-0.2, -0.15) is 0 Å². The zero-order chi connectivity index (χ0) is 25.1. The van der Waals surface area contributed by atoms with Gasteiger partial charge in [-0.3, -0.25) is 4.79 Å². The number of methoxy groups -OCH3 is 1. The number of aryl methyl sites for hydroxylation is 1. The molecule has 0 aliphatic rings. The Morgan fingerprint density at radius 3 is 2.06 bits per heavy atom. The van der Waals surface area contributed by atoms with E-state index in [0.717, 1.165) is 36.3 Å². The van der Waals surface area contributed by atoms with Crippen LogP contribution in [0.3, 0.4) is 0 Å². The highest BCUT2D eigenvalue weighted by atomic mass is 127. The summed E-state index contributed by atoms with van der Waals surface area (Å²) in [7, 11) is 1.65. The molecule has 1 aromatic heterocycles. The summed E-state index contributed by atoms with van der Waals surface area (Å²) in [6.07, 6.45) is 18.6. The monoisotopic (exact) mass is 610 g/mol. The van der Waals surface area contributed by atoms with Crippen LogP contribution >= 0.6 is 0 Å². The van der Waals surface area contributed by atoms with E-state index in [2.05, 4.69) is 48.3 Å². The molecule has 202 valence electrons. The molecular weight excluding hydrogens is 563 g/mol. The molecule has 1 N–H and O–H groups in total. The number of hydrogen-bond acceptors (Lipinski definition) is 3. The minimum absolute atomic E-state index is 0. The summed E-state index contributed by atoms with van der Waals surface area (Å²) < 4.78 is 13.6. The molecule has 36 heavy (non-hydrogen) atoms. The molecule has 6 heteroatoms. The number of benzene rings is 1. The highest BCUT2D eigenvalue weighted by molar-refractivity contribution is 5.78. The van der Waals surface area contributed by atoms with E-state index in [1.54, 1.807) is 7.11 Å². The zero-order valence-electron chi connectivity index (χ0n) is 22.7. The zero-order valence-corrected chi connectivity index (χ0v) is 24.9. The SMILES string of the molecule is CCCCCCCCCCCCOc1ccc(CC(=O)NCc2cc[n+](CCC)cc2)cc1OC.[I-]. The fourth-order valence-corrected chi connectivity index (χ4v) is 4.17. The lowest BCUT2D eigenvalue weighted by Gasteiger charge is -2.12. The van der Waals surface area contributed by atoms with Crippen molar-refractivity contribution in [3.63, 3.8) is 0 Å². The maximum Gasteiger partial charge on any atom is 0.224 e. The Morgan fingerprint density at radius 1 is 0.806 bits per heavy atom. The predicted octanol–water partition coefficient (Wildman–Crippen LogP) is 3.56. The fourth-order valence-electron chi connectivity index (χ4n) is 4.17. The summed E-state index contributed by atoms with van der Waals surface area (Å²) in [4.78, 5) is 12.4. The number of nitrogens with zero attached hydrogens (tertiary/aromatic N) is 1. The molecule has 2 rings (SSSR count). The van der Waals surface area contributed by atoms with Gasteiger partial charge in [0.25, 0.3) is 0 Å². The first-order valence-electron chi connectivity index (χ1n) is 13.7. The molecule has 2 aromatic rings. The van der Waals surface area contributed by atoms with Crippen molar-refractivity contribution in [2.75, 3.05) is 13.7 Å². The normalized spacial score (nSPS) is 10.5. The second kappa shape index (κ2) is 20.3. The number of aromatic nitrogens is 1. The van der Waals surface area contributed by atoms with E-state index in [1.165, 1.54) is 57.8 Å². The molecule has 0 aliphatic heterocycles. The number of unbranched alkanes of at least 4 members (excludes halogenated alkanes) is 9. The average molecular weight is 611 g/mol. The Hall–Kier alpha value is -1.83. The molecule has 0 bridgehead atoms. The van der Waals surface area contributed by atoms with Gasteiger partial charge in [0.05, 0.1) is 20.1 Å². The first kappa shape index (κ1) is 32.2. The van der Waals surface area contributed by atoms with Crippen molar-refractivity contribution in [1.82, 2.24) is 5.32 Å². The number of nitrogens with one attached hydrogen (secondary N) is 1. The molecule has 0 spiro atoms. The van der Waals surface area contributed by atoms with Crippen LogP contribution in [0.1, 0.15) is 95.6 Å². The molecule has 1 heterocycles. The van der Waals surface area contributed by atoms with Crippen LogP contribution < -0.4 is 43.3 Å². The minimum Gasteiger partial charge on any atom is -1.00 e. The third-order valence-corrected chi connectivity index (χ3v) is 6.28. The molecule has 0 aliphatic carbocycles. The molecule has 0 saturated carbocycles. The van der Waals surface area contributed by atoms with Crippen LogP contribution in [-0.2, 0) is 24.3 Å². The van der Waals surface area contributed by atoms with Crippen LogP contribution in [0.15, 0.2) is 42.7 Å². The summed E-state index contributed by atoms with van der Waals surface area (Å²) in [5, 5.41) is 3.01. The van der Waals surface area contributed by atoms with Crippen molar-refractivity contribution < 1.29 is 42.8 Å². The molecule has 1 amide bonds. The van der Waals surface area contributed by atoms with Gasteiger partial charge in [-0.15, -0.1) is 0 Å². The molecule has 0 saturated heterocycles. The van der Waals surface area contributed by atoms with Gasteiger partial charge in [0.2, 0.25) is 5.91 Å². The lowest BCUT2D eigenvalue weighted by Crippen LogP contribution is -3.00. The molecule has 0 fully saturated rings. The summed E-state index contributed by atoms with van der Waals surface area (Å²) in [6.45, 7) is 6.66. The number of hydrogen-bond donors (Lipinski definition) is 1. The van der Waals surface area contributed by atoms with E-state index in [1.807, 2.05) is 18.2 Å². The molecule has 0 atom stereocenters. The largest absolute Gasteiger partial charge is 1.00 e. The van der Waals surface area contributed by atoms with Crippen LogP contribution in [0.25, 0.3) is 0 Å². The van der Waals surface area contributed by atoms with Crippen molar-refractivity contribution in [2.45, 2.75) is 104 Å². The van der Waals surface area contributed by atoms with Crippen LogP contribution in [0.2, 0.25) is 0 Å². The van der Waals surface area contributed by atoms with Gasteiger partial charge in [0.15, 0.2) is 23.9 Å². The number of ether oxygens (including phenoxy) is 2. The number of pyridine rings is 1. The van der Waals surface area contributed by atoms with Gasteiger partial charge in [-0.1, -0.05) is 77.7 Å². The standard InChI is InChI=1S/C30H46N2O3.HI/c1-4-6-7-8-9-10-11-12-13-14-22-35-28-16-15-27(23-29(28)34-3)24-30(33)31-25-26-17-20-32(19-5-2)21-18-26;/h15-18,20-21,23H,4-14,19,22,24-25H2,1-3H3;1H. The summed E-state index contributed by atoms with van der Waals surface area (Å²) in [6, 6.07) is 9.89. The van der Waals surface area contributed by atoms with Gasteiger partial charge in [-0.25, -0.2) is 4.57 Å². The second-order valence-electron chi connectivity index (χ2n) is 9.41. The molecule has 5 nitrogen and oxygen atoms in total. The smallest absolute Gasteiger partial charge is 0.224 e. The number of carbonyl (C=O) groups excluding carboxylic acids is 1. The van der Waals surface area contributed by atoms with Gasteiger partial charge in [-0.05, 0) is 29.7 Å². The first-order chi connectivity index (χ1) is 17.2. The van der Waals surface area contributed by atoms with Gasteiger partial charge in [0, 0.05) is 25.1 Å². The van der Waals surface area contributed by atoms with E-state index < -0.39 is 0 Å². The maximum absolute atomic E-state index is 12.4. The summed E-state index contributed by atoms with van der Waals surface area (Å²) in [5.41, 5.74) is 2.01. The topological polar surface area (TPSA) is 51.4 Å². The highest BCUT2D eigenvalue weighted by Crippen LogP contribution is 2.28. The minimum atomic E-state index is -0.00336. The summed E-state index contributed by atoms with van der Waals surface area (Å²) in [5.74, 6) is 1.43. The quantitative estimate of drug-likeness (QED) is 0.151. The van der Waals surface area contributed by atoms with Crippen LogP contribution in [0, 0.1) is 0 Å². The third-order valence-electron chi connectivity index (χ3n) is 6.28. The lowest BCUT2D eigenvalue weighted by atomic mass is 10.1. The Labute approximate surface area is 236 Å². The number of halogens is 1. The average Bonchev–Trinajstić information content (AvgIpc) is 2.87. The summed E-state index contributed by atoms with van der Waals surface area (Å²) >= 11 is 0. The van der Waals surface area contributed by atoms with Gasteiger partial charge < -0.3 is 38.8 Å². The number of amides is 1. The predicted molar refractivity (Wildman–Crippen MR) is 143 cm³/mol. The second-order valence-corrected chi connectivity index (χ2v) is 9.41. The van der Waals surface area contributed by atoms with Crippen molar-refractivity contribution >= 4 is 5.91 Å². The molecule has 0 radical (unpaired) electrons. The molecule has 1 aromatic carbocycles. The highest BCUT2D eigenvalue weighted by Gasteiger charge is 2.10. The maximum atomic E-state index is 12.4. The van der Waals surface area contributed by atoms with E-state index in [0.29, 0.717) is 25.3 Å². The van der Waals surface area contributed by atoms with Gasteiger partial charge in [0.1, 0.15) is 6.54 Å². The molecular formula is C30H47IN2O3. The number of rotatable bonds is 19. The Balaban J connectivity index is 0.00000648. The van der Waals surface area contributed by atoms with Crippen LogP contribution in [0.4, 0.5) is 0 Å². The van der Waals surface area contributed by atoms with Gasteiger partial charge >= 0.3 is 0 Å². The van der Waals surface area contributed by atoms with Crippen LogP contribution in [-0.4, -0.2) is 19.6 Å².